The molecule has 0 atom stereocenters. The van der Waals surface area contributed by atoms with Crippen molar-refractivity contribution in [2.75, 3.05) is 4.90 Å². The molecule has 0 fully saturated rings. The van der Waals surface area contributed by atoms with Crippen molar-refractivity contribution in [2.24, 2.45) is 0 Å². The molecule has 0 radical (unpaired) electrons. The van der Waals surface area contributed by atoms with Gasteiger partial charge < -0.3 is 13.7 Å². The number of anilines is 3. The molecule has 0 saturated carbocycles. The van der Waals surface area contributed by atoms with Gasteiger partial charge in [-0.2, -0.15) is 0 Å². The van der Waals surface area contributed by atoms with Crippen molar-refractivity contribution in [3.05, 3.63) is 211 Å². The summed E-state index contributed by atoms with van der Waals surface area (Å²) >= 11 is 0. The zero-order valence-electron chi connectivity index (χ0n) is 34.3. The summed E-state index contributed by atoms with van der Waals surface area (Å²) in [7, 11) is 0. The lowest BCUT2D eigenvalue weighted by atomic mass is 9.82. The molecule has 3 heteroatoms. The van der Waals surface area contributed by atoms with E-state index in [2.05, 4.69) is 207 Å². The first-order valence-corrected chi connectivity index (χ1v) is 21.4. The van der Waals surface area contributed by atoms with Crippen LogP contribution in [-0.2, 0) is 5.41 Å². The summed E-state index contributed by atoms with van der Waals surface area (Å²) < 4.78 is 13.8. The fourth-order valence-electron chi connectivity index (χ4n) is 10.6. The third-order valence-electron chi connectivity index (χ3n) is 13.5. The number of rotatable bonds is 5. The number of fused-ring (bicyclic) bond motifs is 14. The Kier molecular flexibility index (Phi) is 7.36. The van der Waals surface area contributed by atoms with Crippen LogP contribution in [0.3, 0.4) is 0 Å². The SMILES string of the molecule is CC1(C)c2ccccc2-c2ccc(N(c3ccc(-c4cccc5c4oc4ccccc45)cc3)c3ccc4c(oc5c6ccccc6c6ccccc6c45)c3-c3ccccc3)cc21. The smallest absolute Gasteiger partial charge is 0.145 e. The summed E-state index contributed by atoms with van der Waals surface area (Å²) in [6.07, 6.45) is 0. The minimum absolute atomic E-state index is 0.171. The summed E-state index contributed by atoms with van der Waals surface area (Å²) in [4.78, 5) is 2.43. The first-order valence-electron chi connectivity index (χ1n) is 21.4. The van der Waals surface area contributed by atoms with Gasteiger partial charge in [0.2, 0.25) is 0 Å². The molecule has 0 saturated heterocycles. The standard InChI is InChI=1S/C59H39NO2/c1-59(2)50-25-12-10-19-43(50)44-32-31-39(35-51(44)59)60(38-29-27-36(28-30-38)40-23-14-24-48-45-20-11-13-26-53(45)61-56(40)48)52-34-33-49-55-46-21-8-6-17-41(46)42-18-7-9-22-47(42)57(55)62-58(49)54(52)37-15-4-3-5-16-37/h3-35H,1-2H3. The van der Waals surface area contributed by atoms with Gasteiger partial charge in [-0.1, -0.05) is 172 Å². The van der Waals surface area contributed by atoms with Crippen LogP contribution < -0.4 is 4.90 Å². The van der Waals surface area contributed by atoms with Gasteiger partial charge in [-0.3, -0.25) is 0 Å². The molecular weight excluding hydrogens is 755 g/mol. The van der Waals surface area contributed by atoms with Crippen molar-refractivity contribution in [2.45, 2.75) is 19.3 Å². The van der Waals surface area contributed by atoms with Crippen LogP contribution in [0.25, 0.3) is 98.8 Å². The highest BCUT2D eigenvalue weighted by molar-refractivity contribution is 6.31. The second-order valence-corrected chi connectivity index (χ2v) is 17.2. The third-order valence-corrected chi connectivity index (χ3v) is 13.5. The van der Waals surface area contributed by atoms with Gasteiger partial charge in [-0.05, 0) is 92.0 Å². The van der Waals surface area contributed by atoms with Crippen molar-refractivity contribution in [1.29, 1.82) is 0 Å². The molecule has 10 aromatic carbocycles. The highest BCUT2D eigenvalue weighted by Crippen LogP contribution is 2.53. The lowest BCUT2D eigenvalue weighted by Gasteiger charge is -2.30. The molecule has 1 aliphatic carbocycles. The Morgan fingerprint density at radius 3 is 1.81 bits per heavy atom. The number of para-hydroxylation sites is 2. The fourth-order valence-corrected chi connectivity index (χ4v) is 10.6. The van der Waals surface area contributed by atoms with Crippen LogP contribution in [0.1, 0.15) is 25.0 Å². The van der Waals surface area contributed by atoms with E-state index in [1.54, 1.807) is 0 Å². The minimum Gasteiger partial charge on any atom is -0.455 e. The molecule has 0 bridgehead atoms. The predicted molar refractivity (Wildman–Crippen MR) is 259 cm³/mol. The van der Waals surface area contributed by atoms with Crippen LogP contribution in [0.4, 0.5) is 17.1 Å². The summed E-state index contributed by atoms with van der Waals surface area (Å²) in [5.41, 5.74) is 16.2. The van der Waals surface area contributed by atoms with Gasteiger partial charge in [0, 0.05) is 54.8 Å². The molecule has 0 aliphatic heterocycles. The molecule has 12 aromatic rings. The monoisotopic (exact) mass is 793 g/mol. The Labute approximate surface area is 358 Å². The molecule has 13 rings (SSSR count). The van der Waals surface area contributed by atoms with Crippen LogP contribution in [0.15, 0.2) is 209 Å². The van der Waals surface area contributed by atoms with Crippen molar-refractivity contribution in [3.63, 3.8) is 0 Å². The number of hydrogen-bond acceptors (Lipinski definition) is 3. The normalized spacial score (nSPS) is 13.1. The minimum atomic E-state index is -0.171. The molecule has 2 aromatic heterocycles. The van der Waals surface area contributed by atoms with E-state index < -0.39 is 0 Å². The van der Waals surface area contributed by atoms with E-state index in [-0.39, 0.29) is 5.41 Å². The zero-order valence-corrected chi connectivity index (χ0v) is 34.3. The second kappa shape index (κ2) is 13.1. The Morgan fingerprint density at radius 2 is 0.984 bits per heavy atom. The second-order valence-electron chi connectivity index (χ2n) is 17.2. The van der Waals surface area contributed by atoms with Crippen molar-refractivity contribution in [1.82, 2.24) is 0 Å². The zero-order chi connectivity index (χ0) is 41.1. The van der Waals surface area contributed by atoms with E-state index in [4.69, 9.17) is 8.83 Å². The number of benzene rings is 10. The van der Waals surface area contributed by atoms with Gasteiger partial charge in [0.1, 0.15) is 22.3 Å². The van der Waals surface area contributed by atoms with E-state index in [9.17, 15) is 0 Å². The maximum atomic E-state index is 7.28. The van der Waals surface area contributed by atoms with Crippen LogP contribution >= 0.6 is 0 Å². The molecule has 0 spiro atoms. The van der Waals surface area contributed by atoms with Crippen molar-refractivity contribution < 1.29 is 8.83 Å². The van der Waals surface area contributed by atoms with Crippen LogP contribution in [0.5, 0.6) is 0 Å². The Morgan fingerprint density at radius 1 is 0.371 bits per heavy atom. The molecule has 0 unspecified atom stereocenters. The predicted octanol–water partition coefficient (Wildman–Crippen LogP) is 16.9. The maximum absolute atomic E-state index is 7.28. The summed E-state index contributed by atoms with van der Waals surface area (Å²) in [5, 5.41) is 9.23. The molecule has 3 nitrogen and oxygen atoms in total. The van der Waals surface area contributed by atoms with Gasteiger partial charge in [0.15, 0.2) is 0 Å². The third kappa shape index (κ3) is 4.94. The molecule has 2 heterocycles. The molecule has 1 aliphatic rings. The Bertz CT molecular complexity index is 3780. The van der Waals surface area contributed by atoms with Gasteiger partial charge in [0.05, 0.1) is 5.69 Å². The first-order chi connectivity index (χ1) is 30.5. The molecule has 292 valence electrons. The number of hydrogen-bond donors (Lipinski definition) is 0. The summed E-state index contributed by atoms with van der Waals surface area (Å²) in [6.45, 7) is 4.70. The summed E-state index contributed by atoms with van der Waals surface area (Å²) in [5.74, 6) is 0. The molecule has 0 amide bonds. The topological polar surface area (TPSA) is 29.5 Å². The number of nitrogens with zero attached hydrogens (tertiary/aromatic N) is 1. The Hall–Kier alpha value is -7.88. The quantitative estimate of drug-likeness (QED) is 0.163. The summed E-state index contributed by atoms with van der Waals surface area (Å²) in [6, 6.07) is 72.3. The first kappa shape index (κ1) is 34.9. The van der Waals surface area contributed by atoms with Gasteiger partial charge in [-0.15, -0.1) is 0 Å². The van der Waals surface area contributed by atoms with E-state index in [1.807, 2.05) is 12.1 Å². The van der Waals surface area contributed by atoms with E-state index in [1.165, 1.54) is 38.4 Å². The lowest BCUT2D eigenvalue weighted by molar-refractivity contribution is 0.660. The van der Waals surface area contributed by atoms with Crippen LogP contribution in [0.2, 0.25) is 0 Å². The van der Waals surface area contributed by atoms with Gasteiger partial charge in [0.25, 0.3) is 0 Å². The van der Waals surface area contributed by atoms with Crippen molar-refractivity contribution >= 4 is 82.5 Å². The maximum Gasteiger partial charge on any atom is 0.145 e. The van der Waals surface area contributed by atoms with Gasteiger partial charge >= 0.3 is 0 Å². The van der Waals surface area contributed by atoms with Gasteiger partial charge in [-0.25, -0.2) is 0 Å². The van der Waals surface area contributed by atoms with Crippen molar-refractivity contribution in [3.8, 4) is 33.4 Å². The fraction of sp³-hybridized carbons (Fsp3) is 0.0508. The number of furan rings is 2. The molecule has 62 heavy (non-hydrogen) atoms. The van der Waals surface area contributed by atoms with E-state index in [0.29, 0.717) is 0 Å². The van der Waals surface area contributed by atoms with Crippen LogP contribution in [0, 0.1) is 0 Å². The average Bonchev–Trinajstić information content (AvgIpc) is 3.98. The molecule has 0 N–H and O–H groups in total. The average molecular weight is 794 g/mol. The highest BCUT2D eigenvalue weighted by atomic mass is 16.3. The highest BCUT2D eigenvalue weighted by Gasteiger charge is 2.36. The van der Waals surface area contributed by atoms with Crippen LogP contribution in [-0.4, -0.2) is 0 Å². The molecular formula is C59H39NO2. The van der Waals surface area contributed by atoms with E-state index in [0.717, 1.165) is 88.6 Å². The largest absolute Gasteiger partial charge is 0.455 e. The van der Waals surface area contributed by atoms with E-state index >= 15 is 0 Å². The lowest BCUT2D eigenvalue weighted by Crippen LogP contribution is -2.17. The Balaban J connectivity index is 1.08.